The lowest BCUT2D eigenvalue weighted by molar-refractivity contribution is -0.110. The molecule has 1 heterocycles. The van der Waals surface area contributed by atoms with Crippen LogP contribution in [0.2, 0.25) is 0 Å². The van der Waals surface area contributed by atoms with E-state index in [2.05, 4.69) is 19.2 Å². The van der Waals surface area contributed by atoms with E-state index in [0.29, 0.717) is 0 Å². The highest BCUT2D eigenvalue weighted by Gasteiger charge is 2.25. The maximum Gasteiger partial charge on any atom is 0.136 e. The molecule has 2 heteroatoms. The lowest BCUT2D eigenvalue weighted by Crippen LogP contribution is -2.50. The quantitative estimate of drug-likeness (QED) is 0.554. The van der Waals surface area contributed by atoms with Crippen molar-refractivity contribution in [2.75, 3.05) is 0 Å². The van der Waals surface area contributed by atoms with E-state index in [9.17, 15) is 4.79 Å². The van der Waals surface area contributed by atoms with Gasteiger partial charge in [-0.2, -0.15) is 0 Å². The molecule has 1 aliphatic rings. The van der Waals surface area contributed by atoms with Crippen molar-refractivity contribution in [3.63, 3.8) is 0 Å². The Morgan fingerprint density at radius 2 is 2.30 bits per heavy atom. The Kier molecular flexibility index (Phi) is 2.09. The predicted octanol–water partition coefficient (Wildman–Crippen LogP) is 1.11. The summed E-state index contributed by atoms with van der Waals surface area (Å²) in [6, 6.07) is 0.101. The van der Waals surface area contributed by atoms with E-state index in [-0.39, 0.29) is 11.6 Å². The molecule has 1 fully saturated rings. The van der Waals surface area contributed by atoms with E-state index in [1.54, 1.807) is 0 Å². The summed E-state index contributed by atoms with van der Waals surface area (Å²) in [5.41, 5.74) is 0.170. The van der Waals surface area contributed by atoms with Crippen LogP contribution in [0.4, 0.5) is 0 Å². The minimum Gasteiger partial charge on any atom is -0.303 e. The van der Waals surface area contributed by atoms with Crippen LogP contribution in [0.5, 0.6) is 0 Å². The number of rotatable bonds is 1. The molecule has 1 N–H and O–H groups in total. The zero-order valence-corrected chi connectivity index (χ0v) is 6.68. The van der Waals surface area contributed by atoms with Gasteiger partial charge in [-0.05, 0) is 33.1 Å². The molecule has 1 atom stereocenters. The van der Waals surface area contributed by atoms with Crippen LogP contribution in [-0.4, -0.2) is 17.9 Å². The van der Waals surface area contributed by atoms with E-state index < -0.39 is 0 Å². The van der Waals surface area contributed by atoms with Gasteiger partial charge in [-0.25, -0.2) is 0 Å². The topological polar surface area (TPSA) is 29.1 Å². The molecule has 58 valence electrons. The second kappa shape index (κ2) is 2.70. The maximum atomic E-state index is 10.4. The van der Waals surface area contributed by atoms with E-state index in [1.165, 1.54) is 12.8 Å². The standard InChI is InChI=1S/C8H15NO/c1-8(2)5-3-4-7(6-10)9-8/h6-7,9H,3-5H2,1-2H3. The van der Waals surface area contributed by atoms with Crippen molar-refractivity contribution in [2.24, 2.45) is 0 Å². The first kappa shape index (κ1) is 7.73. The summed E-state index contributed by atoms with van der Waals surface area (Å²) in [6.45, 7) is 4.28. The average Bonchev–Trinajstić information content (AvgIpc) is 1.86. The molecule has 0 spiro atoms. The van der Waals surface area contributed by atoms with E-state index in [0.717, 1.165) is 12.7 Å². The molecule has 1 saturated heterocycles. The number of carbonyl (C=O) groups excluding carboxylic acids is 1. The normalized spacial score (nSPS) is 31.6. The van der Waals surface area contributed by atoms with Crippen molar-refractivity contribution in [2.45, 2.75) is 44.7 Å². The second-order valence-electron chi connectivity index (χ2n) is 3.66. The first-order valence-corrected chi connectivity index (χ1v) is 3.87. The van der Waals surface area contributed by atoms with E-state index >= 15 is 0 Å². The van der Waals surface area contributed by atoms with Gasteiger partial charge in [-0.3, -0.25) is 0 Å². The fourth-order valence-electron chi connectivity index (χ4n) is 1.51. The molecule has 2 nitrogen and oxygen atoms in total. The van der Waals surface area contributed by atoms with Gasteiger partial charge in [0.15, 0.2) is 0 Å². The Balaban J connectivity index is 2.47. The van der Waals surface area contributed by atoms with Crippen molar-refractivity contribution in [3.8, 4) is 0 Å². The molecule has 1 aliphatic heterocycles. The Morgan fingerprint density at radius 3 is 2.70 bits per heavy atom. The van der Waals surface area contributed by atoms with Gasteiger partial charge < -0.3 is 10.1 Å². The molecule has 1 unspecified atom stereocenters. The van der Waals surface area contributed by atoms with E-state index in [1.807, 2.05) is 0 Å². The second-order valence-corrected chi connectivity index (χ2v) is 3.66. The first-order chi connectivity index (χ1) is 4.64. The minimum absolute atomic E-state index is 0.101. The third-order valence-corrected chi connectivity index (χ3v) is 2.06. The average molecular weight is 141 g/mol. The van der Waals surface area contributed by atoms with Crippen molar-refractivity contribution in [1.82, 2.24) is 5.32 Å². The lowest BCUT2D eigenvalue weighted by atomic mass is 9.90. The fourth-order valence-corrected chi connectivity index (χ4v) is 1.51. The Morgan fingerprint density at radius 1 is 1.60 bits per heavy atom. The zero-order valence-electron chi connectivity index (χ0n) is 6.68. The van der Waals surface area contributed by atoms with Crippen molar-refractivity contribution in [1.29, 1.82) is 0 Å². The molecule has 0 aromatic carbocycles. The van der Waals surface area contributed by atoms with Crippen LogP contribution < -0.4 is 5.32 Å². The molecule has 0 amide bonds. The molecular weight excluding hydrogens is 126 g/mol. The number of nitrogens with one attached hydrogen (secondary N) is 1. The molecule has 0 aromatic rings. The minimum atomic E-state index is 0.101. The van der Waals surface area contributed by atoms with Gasteiger partial charge in [0.2, 0.25) is 0 Å². The highest BCUT2D eigenvalue weighted by molar-refractivity contribution is 5.57. The summed E-state index contributed by atoms with van der Waals surface area (Å²) in [5.74, 6) is 0. The van der Waals surface area contributed by atoms with Gasteiger partial charge >= 0.3 is 0 Å². The van der Waals surface area contributed by atoms with Gasteiger partial charge in [0.05, 0.1) is 6.04 Å². The predicted molar refractivity (Wildman–Crippen MR) is 40.9 cm³/mol. The number of carbonyl (C=O) groups is 1. The van der Waals surface area contributed by atoms with Crippen LogP contribution in [0, 0.1) is 0 Å². The van der Waals surface area contributed by atoms with Crippen molar-refractivity contribution < 1.29 is 4.79 Å². The van der Waals surface area contributed by atoms with Gasteiger partial charge in [-0.1, -0.05) is 0 Å². The molecule has 10 heavy (non-hydrogen) atoms. The van der Waals surface area contributed by atoms with Gasteiger partial charge in [0.1, 0.15) is 6.29 Å². The van der Waals surface area contributed by atoms with Gasteiger partial charge in [-0.15, -0.1) is 0 Å². The molecule has 0 radical (unpaired) electrons. The SMILES string of the molecule is CC1(C)CCCC(C=O)N1. The summed E-state index contributed by atoms with van der Waals surface area (Å²) in [7, 11) is 0. The number of hydrogen-bond acceptors (Lipinski definition) is 2. The zero-order chi connectivity index (χ0) is 7.61. The molecule has 0 aliphatic carbocycles. The Labute approximate surface area is 62.0 Å². The maximum absolute atomic E-state index is 10.4. The Bertz CT molecular complexity index is 131. The largest absolute Gasteiger partial charge is 0.303 e. The van der Waals surface area contributed by atoms with Gasteiger partial charge in [0.25, 0.3) is 0 Å². The van der Waals surface area contributed by atoms with E-state index in [4.69, 9.17) is 0 Å². The van der Waals surface area contributed by atoms with Gasteiger partial charge in [0, 0.05) is 5.54 Å². The third-order valence-electron chi connectivity index (χ3n) is 2.06. The fraction of sp³-hybridized carbons (Fsp3) is 0.875. The van der Waals surface area contributed by atoms with Crippen LogP contribution >= 0.6 is 0 Å². The first-order valence-electron chi connectivity index (χ1n) is 3.87. The van der Waals surface area contributed by atoms with Crippen molar-refractivity contribution >= 4 is 6.29 Å². The number of aldehydes is 1. The van der Waals surface area contributed by atoms with Crippen LogP contribution in [0.3, 0.4) is 0 Å². The lowest BCUT2D eigenvalue weighted by Gasteiger charge is -2.34. The Hall–Kier alpha value is -0.370. The summed E-state index contributed by atoms with van der Waals surface area (Å²) in [5, 5.41) is 3.27. The molecule has 1 rings (SSSR count). The molecular formula is C8H15NO. The smallest absolute Gasteiger partial charge is 0.136 e. The number of piperidine rings is 1. The van der Waals surface area contributed by atoms with Crippen molar-refractivity contribution in [3.05, 3.63) is 0 Å². The molecule has 0 saturated carbocycles. The molecule has 0 aromatic heterocycles. The van der Waals surface area contributed by atoms with Crippen LogP contribution in [0.1, 0.15) is 33.1 Å². The highest BCUT2D eigenvalue weighted by Crippen LogP contribution is 2.20. The summed E-state index contributed by atoms with van der Waals surface area (Å²) in [6.07, 6.45) is 4.37. The summed E-state index contributed by atoms with van der Waals surface area (Å²) < 4.78 is 0. The van der Waals surface area contributed by atoms with Crippen LogP contribution in [0.15, 0.2) is 0 Å². The summed E-state index contributed by atoms with van der Waals surface area (Å²) in [4.78, 5) is 10.4. The highest BCUT2D eigenvalue weighted by atomic mass is 16.1. The van der Waals surface area contributed by atoms with Crippen LogP contribution in [-0.2, 0) is 4.79 Å². The third kappa shape index (κ3) is 1.81. The number of hydrogen-bond donors (Lipinski definition) is 1. The molecule has 0 bridgehead atoms. The van der Waals surface area contributed by atoms with Crippen LogP contribution in [0.25, 0.3) is 0 Å². The summed E-state index contributed by atoms with van der Waals surface area (Å²) >= 11 is 0. The monoisotopic (exact) mass is 141 g/mol.